The second kappa shape index (κ2) is 4.74. The van der Waals surface area contributed by atoms with Gasteiger partial charge in [-0.1, -0.05) is 12.8 Å². The van der Waals surface area contributed by atoms with Crippen LogP contribution >= 0.6 is 11.8 Å². The Morgan fingerprint density at radius 3 is 2.36 bits per heavy atom. The van der Waals surface area contributed by atoms with Gasteiger partial charge in [0.05, 0.1) is 7.11 Å². The molecule has 0 N–H and O–H groups in total. The van der Waals surface area contributed by atoms with Crippen LogP contribution in [0.3, 0.4) is 0 Å². The van der Waals surface area contributed by atoms with E-state index in [1.54, 1.807) is 7.11 Å². The van der Waals surface area contributed by atoms with Gasteiger partial charge in [-0.05, 0) is 37.1 Å². The first kappa shape index (κ1) is 9.91. The first-order chi connectivity index (χ1) is 6.88. The summed E-state index contributed by atoms with van der Waals surface area (Å²) in [5.41, 5.74) is 0. The molecule has 0 spiro atoms. The molecule has 1 aromatic rings. The molecule has 2 rings (SSSR count). The third kappa shape index (κ3) is 2.44. The van der Waals surface area contributed by atoms with Crippen molar-refractivity contribution in [2.75, 3.05) is 7.11 Å². The van der Waals surface area contributed by atoms with Gasteiger partial charge in [-0.3, -0.25) is 0 Å². The Balaban J connectivity index is 1.95. The fourth-order valence-electron chi connectivity index (χ4n) is 1.85. The number of hydrogen-bond acceptors (Lipinski definition) is 2. The molecule has 0 radical (unpaired) electrons. The Bertz CT molecular complexity index is 275. The number of methoxy groups -OCH3 is 1. The molecule has 0 aromatic heterocycles. The summed E-state index contributed by atoms with van der Waals surface area (Å²) in [5.74, 6) is 0.945. The summed E-state index contributed by atoms with van der Waals surface area (Å²) in [7, 11) is 1.71. The minimum absolute atomic E-state index is 0.850. The molecule has 0 saturated heterocycles. The molecule has 0 unspecified atom stereocenters. The lowest BCUT2D eigenvalue weighted by molar-refractivity contribution is 0.414. The fraction of sp³-hybridized carbons (Fsp3) is 0.500. The van der Waals surface area contributed by atoms with Crippen molar-refractivity contribution in [1.29, 1.82) is 0 Å². The first-order valence-corrected chi connectivity index (χ1v) is 6.07. The average molecular weight is 208 g/mol. The smallest absolute Gasteiger partial charge is 0.118 e. The Labute approximate surface area is 89.9 Å². The molecule has 1 aromatic carbocycles. The van der Waals surface area contributed by atoms with Crippen LogP contribution in [-0.4, -0.2) is 12.4 Å². The van der Waals surface area contributed by atoms with E-state index < -0.39 is 0 Å². The van der Waals surface area contributed by atoms with Crippen molar-refractivity contribution in [3.63, 3.8) is 0 Å². The van der Waals surface area contributed by atoms with Crippen LogP contribution in [-0.2, 0) is 0 Å². The monoisotopic (exact) mass is 208 g/mol. The van der Waals surface area contributed by atoms with Crippen molar-refractivity contribution in [1.82, 2.24) is 0 Å². The standard InChI is InChI=1S/C12H16OS/c1-13-10-6-8-12(9-7-10)14-11-4-2-3-5-11/h6-9,11H,2-5H2,1H3. The minimum atomic E-state index is 0.850. The molecular weight excluding hydrogens is 192 g/mol. The molecule has 1 fully saturated rings. The zero-order chi connectivity index (χ0) is 9.80. The Morgan fingerprint density at radius 2 is 1.79 bits per heavy atom. The summed E-state index contributed by atoms with van der Waals surface area (Å²) in [6.45, 7) is 0. The summed E-state index contributed by atoms with van der Waals surface area (Å²) in [6.07, 6.45) is 5.59. The SMILES string of the molecule is COc1ccc(SC2CCCC2)cc1. The molecule has 1 aliphatic carbocycles. The van der Waals surface area contributed by atoms with Crippen molar-refractivity contribution < 1.29 is 4.74 Å². The lowest BCUT2D eigenvalue weighted by atomic mass is 10.3. The van der Waals surface area contributed by atoms with Crippen molar-refractivity contribution in [2.24, 2.45) is 0 Å². The van der Waals surface area contributed by atoms with E-state index in [0.29, 0.717) is 0 Å². The fourth-order valence-corrected chi connectivity index (χ4v) is 3.10. The topological polar surface area (TPSA) is 9.23 Å². The van der Waals surface area contributed by atoms with E-state index in [-0.39, 0.29) is 0 Å². The molecule has 2 heteroatoms. The van der Waals surface area contributed by atoms with E-state index >= 15 is 0 Å². The van der Waals surface area contributed by atoms with Gasteiger partial charge < -0.3 is 4.74 Å². The van der Waals surface area contributed by atoms with Crippen LogP contribution in [0.25, 0.3) is 0 Å². The minimum Gasteiger partial charge on any atom is -0.497 e. The van der Waals surface area contributed by atoms with Gasteiger partial charge in [0.1, 0.15) is 5.75 Å². The van der Waals surface area contributed by atoms with Gasteiger partial charge in [-0.25, -0.2) is 0 Å². The van der Waals surface area contributed by atoms with Crippen LogP contribution in [0, 0.1) is 0 Å². The number of ether oxygens (including phenoxy) is 1. The molecule has 0 bridgehead atoms. The van der Waals surface area contributed by atoms with E-state index in [9.17, 15) is 0 Å². The van der Waals surface area contributed by atoms with Gasteiger partial charge in [0.2, 0.25) is 0 Å². The molecular formula is C12H16OS. The predicted molar refractivity (Wildman–Crippen MR) is 61.1 cm³/mol. The normalized spacial score (nSPS) is 17.2. The van der Waals surface area contributed by atoms with Crippen LogP contribution < -0.4 is 4.74 Å². The van der Waals surface area contributed by atoms with Gasteiger partial charge in [0, 0.05) is 10.1 Å². The number of rotatable bonds is 3. The number of benzene rings is 1. The molecule has 0 atom stereocenters. The number of thioether (sulfide) groups is 1. The highest BCUT2D eigenvalue weighted by Gasteiger charge is 2.15. The van der Waals surface area contributed by atoms with Gasteiger partial charge in [0.25, 0.3) is 0 Å². The molecule has 76 valence electrons. The maximum absolute atomic E-state index is 5.13. The molecule has 0 amide bonds. The zero-order valence-electron chi connectivity index (χ0n) is 8.53. The Kier molecular flexibility index (Phi) is 3.35. The third-order valence-electron chi connectivity index (χ3n) is 2.66. The van der Waals surface area contributed by atoms with E-state index in [4.69, 9.17) is 4.74 Å². The van der Waals surface area contributed by atoms with Crippen LogP contribution in [0.2, 0.25) is 0 Å². The van der Waals surface area contributed by atoms with E-state index in [2.05, 4.69) is 12.1 Å². The highest BCUT2D eigenvalue weighted by Crippen LogP contribution is 2.35. The lowest BCUT2D eigenvalue weighted by Crippen LogP contribution is -1.92. The van der Waals surface area contributed by atoms with Gasteiger partial charge in [-0.2, -0.15) is 0 Å². The van der Waals surface area contributed by atoms with Crippen LogP contribution in [0.1, 0.15) is 25.7 Å². The van der Waals surface area contributed by atoms with Crippen LogP contribution in [0.15, 0.2) is 29.2 Å². The summed E-state index contributed by atoms with van der Waals surface area (Å²) in [5, 5.41) is 0.850. The third-order valence-corrected chi connectivity index (χ3v) is 4.01. The Hall–Kier alpha value is -0.630. The van der Waals surface area contributed by atoms with E-state index in [1.807, 2.05) is 23.9 Å². The van der Waals surface area contributed by atoms with E-state index in [0.717, 1.165) is 11.0 Å². The molecule has 1 saturated carbocycles. The summed E-state index contributed by atoms with van der Waals surface area (Å²) < 4.78 is 5.13. The van der Waals surface area contributed by atoms with Crippen molar-refractivity contribution in [3.05, 3.63) is 24.3 Å². The first-order valence-electron chi connectivity index (χ1n) is 5.19. The van der Waals surface area contributed by atoms with Crippen LogP contribution in [0.4, 0.5) is 0 Å². The summed E-state index contributed by atoms with van der Waals surface area (Å²) in [4.78, 5) is 1.37. The Morgan fingerprint density at radius 1 is 1.14 bits per heavy atom. The maximum atomic E-state index is 5.13. The van der Waals surface area contributed by atoms with Crippen molar-refractivity contribution >= 4 is 11.8 Å². The van der Waals surface area contributed by atoms with Gasteiger partial charge in [-0.15, -0.1) is 11.8 Å². The predicted octanol–water partition coefficient (Wildman–Crippen LogP) is 3.73. The second-order valence-corrected chi connectivity index (χ2v) is 5.07. The van der Waals surface area contributed by atoms with Gasteiger partial charge in [0.15, 0.2) is 0 Å². The highest BCUT2D eigenvalue weighted by atomic mass is 32.2. The largest absolute Gasteiger partial charge is 0.497 e. The lowest BCUT2D eigenvalue weighted by Gasteiger charge is -2.08. The molecule has 0 heterocycles. The van der Waals surface area contributed by atoms with Gasteiger partial charge >= 0.3 is 0 Å². The van der Waals surface area contributed by atoms with Crippen LogP contribution in [0.5, 0.6) is 5.75 Å². The number of hydrogen-bond donors (Lipinski definition) is 0. The quantitative estimate of drug-likeness (QED) is 0.748. The summed E-state index contributed by atoms with van der Waals surface area (Å²) in [6, 6.07) is 8.39. The molecule has 0 aliphatic heterocycles. The summed E-state index contributed by atoms with van der Waals surface area (Å²) >= 11 is 2.01. The average Bonchev–Trinajstić information content (AvgIpc) is 2.72. The van der Waals surface area contributed by atoms with Crippen molar-refractivity contribution in [3.8, 4) is 5.75 Å². The maximum Gasteiger partial charge on any atom is 0.118 e. The zero-order valence-corrected chi connectivity index (χ0v) is 9.35. The van der Waals surface area contributed by atoms with E-state index in [1.165, 1.54) is 30.6 Å². The molecule has 14 heavy (non-hydrogen) atoms. The van der Waals surface area contributed by atoms with Crippen molar-refractivity contribution in [2.45, 2.75) is 35.8 Å². The molecule has 1 aliphatic rings. The second-order valence-electron chi connectivity index (χ2n) is 3.70. The molecule has 1 nitrogen and oxygen atoms in total. The highest BCUT2D eigenvalue weighted by molar-refractivity contribution is 8.00.